The number of pyridine rings is 1. The lowest BCUT2D eigenvalue weighted by molar-refractivity contribution is -0.384. The number of nitro groups is 1. The van der Waals surface area contributed by atoms with E-state index in [4.69, 9.17) is 5.11 Å². The number of nitrogens with one attached hydrogen (secondary N) is 1. The normalized spacial score (nSPS) is 20.1. The molecule has 0 saturated carbocycles. The van der Waals surface area contributed by atoms with Crippen LogP contribution in [0.25, 0.3) is 0 Å². The van der Waals surface area contributed by atoms with Gasteiger partial charge in [-0.2, -0.15) is 0 Å². The zero-order valence-electron chi connectivity index (χ0n) is 10.9. The number of anilines is 1. The van der Waals surface area contributed by atoms with Crippen LogP contribution in [-0.4, -0.2) is 46.9 Å². The molecule has 10 heteroatoms. The average molecular weight is 315 g/mol. The fraction of sp³-hybridized carbons (Fsp3) is 0.455. The summed E-state index contributed by atoms with van der Waals surface area (Å²) in [5.74, 6) is -1.34. The minimum absolute atomic E-state index is 0.0165. The van der Waals surface area contributed by atoms with E-state index in [1.54, 1.807) is 0 Å². The molecule has 1 aliphatic rings. The maximum atomic E-state index is 11.7. The van der Waals surface area contributed by atoms with Crippen LogP contribution in [-0.2, 0) is 9.84 Å². The average Bonchev–Trinajstić information content (AvgIpc) is 2.74. The zero-order chi connectivity index (χ0) is 15.6. The molecule has 0 radical (unpaired) electrons. The minimum atomic E-state index is -3.17. The smallest absolute Gasteiger partial charge is 0.337 e. The highest BCUT2D eigenvalue weighted by Gasteiger charge is 2.31. The lowest BCUT2D eigenvalue weighted by atomic mass is 10.2. The van der Waals surface area contributed by atoms with Crippen LogP contribution in [0.5, 0.6) is 0 Å². The molecule has 1 unspecified atom stereocenters. The highest BCUT2D eigenvalue weighted by molar-refractivity contribution is 7.92. The van der Waals surface area contributed by atoms with E-state index in [1.165, 1.54) is 0 Å². The topological polar surface area (TPSA) is 140 Å². The van der Waals surface area contributed by atoms with E-state index in [0.29, 0.717) is 12.8 Å². The van der Waals surface area contributed by atoms with Crippen LogP contribution in [0.15, 0.2) is 12.3 Å². The van der Waals surface area contributed by atoms with Gasteiger partial charge in [0.1, 0.15) is 0 Å². The van der Waals surface area contributed by atoms with Crippen molar-refractivity contribution in [2.75, 3.05) is 17.6 Å². The first-order valence-electron chi connectivity index (χ1n) is 6.14. The van der Waals surface area contributed by atoms with Crippen molar-refractivity contribution in [1.29, 1.82) is 0 Å². The van der Waals surface area contributed by atoms with E-state index in [0.717, 1.165) is 12.3 Å². The van der Waals surface area contributed by atoms with Crippen molar-refractivity contribution >= 4 is 27.3 Å². The number of carboxylic acid groups (broad SMARTS) is 1. The zero-order valence-corrected chi connectivity index (χ0v) is 11.7. The van der Waals surface area contributed by atoms with E-state index in [1.807, 2.05) is 0 Å². The molecule has 0 aliphatic carbocycles. The largest absolute Gasteiger partial charge is 0.478 e. The molecule has 2 rings (SSSR count). The summed E-state index contributed by atoms with van der Waals surface area (Å²) in [6.07, 6.45) is 2.05. The van der Waals surface area contributed by atoms with E-state index in [-0.39, 0.29) is 23.7 Å². The number of hydrogen-bond donors (Lipinski definition) is 2. The first-order chi connectivity index (χ1) is 9.81. The Kier molecular flexibility index (Phi) is 4.07. The third-order valence-corrected chi connectivity index (χ3v) is 5.55. The number of aromatic nitrogens is 1. The molecule has 1 aromatic heterocycles. The Morgan fingerprint density at radius 1 is 1.57 bits per heavy atom. The molecule has 0 aromatic carbocycles. The summed E-state index contributed by atoms with van der Waals surface area (Å²) in [7, 11) is -3.17. The van der Waals surface area contributed by atoms with Gasteiger partial charge in [-0.15, -0.1) is 0 Å². The van der Waals surface area contributed by atoms with Crippen LogP contribution in [0.1, 0.15) is 23.2 Å². The number of carboxylic acids is 1. The van der Waals surface area contributed by atoms with Gasteiger partial charge in [-0.1, -0.05) is 0 Å². The molecule has 2 heterocycles. The Morgan fingerprint density at radius 2 is 2.29 bits per heavy atom. The van der Waals surface area contributed by atoms with Gasteiger partial charge in [0.2, 0.25) is 5.82 Å². The quantitative estimate of drug-likeness (QED) is 0.597. The van der Waals surface area contributed by atoms with Gasteiger partial charge in [-0.3, -0.25) is 10.1 Å². The van der Waals surface area contributed by atoms with E-state index in [2.05, 4.69) is 10.3 Å². The predicted molar refractivity (Wildman–Crippen MR) is 73.1 cm³/mol. The van der Waals surface area contributed by atoms with Crippen molar-refractivity contribution in [2.24, 2.45) is 0 Å². The molecule has 1 saturated heterocycles. The highest BCUT2D eigenvalue weighted by Crippen LogP contribution is 2.25. The summed E-state index contributed by atoms with van der Waals surface area (Å²) < 4.78 is 23.3. The van der Waals surface area contributed by atoms with Crippen LogP contribution < -0.4 is 5.32 Å². The SMILES string of the molecule is O=C(O)c1cnc(NCC2CCCS2(=O)=O)c([N+](=O)[O-])c1. The van der Waals surface area contributed by atoms with E-state index >= 15 is 0 Å². The third-order valence-electron chi connectivity index (χ3n) is 3.27. The third kappa shape index (κ3) is 3.27. The Labute approximate surface area is 120 Å². The number of nitrogens with zero attached hydrogens (tertiary/aromatic N) is 2. The second kappa shape index (κ2) is 5.64. The molecule has 1 aromatic rings. The molecule has 21 heavy (non-hydrogen) atoms. The summed E-state index contributed by atoms with van der Waals surface area (Å²) >= 11 is 0. The Bertz CT molecular complexity index is 687. The Balaban J connectivity index is 2.20. The molecular formula is C11H13N3O6S. The van der Waals surface area contributed by atoms with Gasteiger partial charge < -0.3 is 10.4 Å². The van der Waals surface area contributed by atoms with Crippen LogP contribution in [0, 0.1) is 10.1 Å². The molecule has 0 spiro atoms. The molecule has 1 aliphatic heterocycles. The summed E-state index contributed by atoms with van der Waals surface area (Å²) in [6.45, 7) is 0.0165. The van der Waals surface area contributed by atoms with Crippen molar-refractivity contribution in [3.05, 3.63) is 27.9 Å². The van der Waals surface area contributed by atoms with Gasteiger partial charge in [-0.05, 0) is 12.8 Å². The fourth-order valence-electron chi connectivity index (χ4n) is 2.14. The summed E-state index contributed by atoms with van der Waals surface area (Å²) in [6, 6.07) is 0.890. The first kappa shape index (κ1) is 15.2. The van der Waals surface area contributed by atoms with Gasteiger partial charge in [0.15, 0.2) is 9.84 Å². The molecular weight excluding hydrogens is 302 g/mol. The van der Waals surface area contributed by atoms with Gasteiger partial charge in [-0.25, -0.2) is 18.2 Å². The van der Waals surface area contributed by atoms with Crippen molar-refractivity contribution in [3.63, 3.8) is 0 Å². The Hall–Kier alpha value is -2.23. The lowest BCUT2D eigenvalue weighted by Gasteiger charge is -2.11. The molecule has 0 bridgehead atoms. The summed E-state index contributed by atoms with van der Waals surface area (Å²) in [5, 5.41) is 21.8. The van der Waals surface area contributed by atoms with E-state index in [9.17, 15) is 23.3 Å². The monoisotopic (exact) mass is 315 g/mol. The molecule has 1 atom stereocenters. The molecule has 1 fully saturated rings. The van der Waals surface area contributed by atoms with Crippen molar-refractivity contribution in [3.8, 4) is 0 Å². The van der Waals surface area contributed by atoms with Crippen LogP contribution in [0.4, 0.5) is 11.5 Å². The second-order valence-electron chi connectivity index (χ2n) is 4.67. The fourth-order valence-corrected chi connectivity index (χ4v) is 3.91. The van der Waals surface area contributed by atoms with E-state index < -0.39 is 31.7 Å². The summed E-state index contributed by atoms with van der Waals surface area (Å²) in [4.78, 5) is 24.7. The standard InChI is InChI=1S/C11H13N3O6S/c15-11(16)7-4-9(14(17)18)10(12-5-7)13-6-8-2-1-3-21(8,19)20/h4-5,8H,1-3,6H2,(H,12,13)(H,15,16). The van der Waals surface area contributed by atoms with Gasteiger partial charge in [0, 0.05) is 18.8 Å². The predicted octanol–water partition coefficient (Wildman–Crippen LogP) is 0.677. The molecule has 9 nitrogen and oxygen atoms in total. The lowest BCUT2D eigenvalue weighted by Crippen LogP contribution is -2.25. The van der Waals surface area contributed by atoms with Gasteiger partial charge in [0.25, 0.3) is 0 Å². The van der Waals surface area contributed by atoms with Crippen LogP contribution in [0.2, 0.25) is 0 Å². The molecule has 114 valence electrons. The Morgan fingerprint density at radius 3 is 2.81 bits per heavy atom. The minimum Gasteiger partial charge on any atom is -0.478 e. The number of hydrogen-bond acceptors (Lipinski definition) is 7. The van der Waals surface area contributed by atoms with Crippen molar-refractivity contribution in [1.82, 2.24) is 4.98 Å². The number of rotatable bonds is 5. The summed E-state index contributed by atoms with van der Waals surface area (Å²) in [5.41, 5.74) is -0.800. The van der Waals surface area contributed by atoms with Gasteiger partial charge in [0.05, 0.1) is 21.5 Å². The number of aromatic carboxylic acids is 1. The van der Waals surface area contributed by atoms with Crippen molar-refractivity contribution in [2.45, 2.75) is 18.1 Å². The van der Waals surface area contributed by atoms with Crippen LogP contribution >= 0.6 is 0 Å². The molecule has 2 N–H and O–H groups in total. The van der Waals surface area contributed by atoms with Crippen molar-refractivity contribution < 1.29 is 23.2 Å². The van der Waals surface area contributed by atoms with Crippen LogP contribution in [0.3, 0.4) is 0 Å². The highest BCUT2D eigenvalue weighted by atomic mass is 32.2. The number of carbonyl (C=O) groups is 1. The molecule has 0 amide bonds. The van der Waals surface area contributed by atoms with Gasteiger partial charge >= 0.3 is 11.7 Å². The first-order valence-corrected chi connectivity index (χ1v) is 7.86. The maximum Gasteiger partial charge on any atom is 0.337 e. The second-order valence-corrected chi connectivity index (χ2v) is 7.07. The maximum absolute atomic E-state index is 11.7. The number of sulfone groups is 1.